The quantitative estimate of drug-likeness (QED) is 0.593. The minimum atomic E-state index is -4.88. The lowest BCUT2D eigenvalue weighted by molar-refractivity contribution is -0.274. The molecule has 0 saturated carbocycles. The van der Waals surface area contributed by atoms with E-state index in [9.17, 15) is 27.6 Å². The molecule has 1 saturated heterocycles. The van der Waals surface area contributed by atoms with Crippen molar-refractivity contribution in [1.82, 2.24) is 9.80 Å². The molecule has 35 heavy (non-hydrogen) atoms. The fraction of sp³-hybridized carbons (Fsp3) is 0.348. The first-order chi connectivity index (χ1) is 16.4. The Morgan fingerprint density at radius 3 is 2.57 bits per heavy atom. The van der Waals surface area contributed by atoms with Gasteiger partial charge in [-0.25, -0.2) is 0 Å². The average Bonchev–Trinajstić information content (AvgIpc) is 3.28. The van der Waals surface area contributed by atoms with E-state index in [4.69, 9.17) is 16.3 Å². The van der Waals surface area contributed by atoms with E-state index >= 15 is 0 Å². The molecular formula is C23H21ClF3N3O5. The lowest BCUT2D eigenvalue weighted by Crippen LogP contribution is -2.36. The minimum absolute atomic E-state index is 0.0379. The van der Waals surface area contributed by atoms with Crippen molar-refractivity contribution in [2.45, 2.75) is 25.4 Å². The number of alkyl halides is 3. The minimum Gasteiger partial charge on any atom is -0.480 e. The lowest BCUT2D eigenvalue weighted by atomic mass is 10.1. The summed E-state index contributed by atoms with van der Waals surface area (Å²) in [4.78, 5) is 42.1. The van der Waals surface area contributed by atoms with Gasteiger partial charge in [-0.15, -0.1) is 13.2 Å². The standard InChI is InChI=1S/C23H21ClF3N3O5/c1-28(2)20(31)12-29-11-13-3-4-14(9-16(13)21(29)32)30-8-7-19(22(30)33)34-15-5-6-18(17(24)10-15)35-23(25,26)27/h3-6,9-10,19H,7-8,11-12H2,1-2H3/t19-/m1/s1. The van der Waals surface area contributed by atoms with Crippen LogP contribution in [-0.2, 0) is 16.1 Å². The van der Waals surface area contributed by atoms with Crippen molar-refractivity contribution >= 4 is 35.0 Å². The van der Waals surface area contributed by atoms with Crippen molar-refractivity contribution in [3.63, 3.8) is 0 Å². The Bertz CT molecular complexity index is 1190. The number of rotatable bonds is 6. The van der Waals surface area contributed by atoms with Gasteiger partial charge in [-0.2, -0.15) is 0 Å². The number of carbonyl (C=O) groups excluding carboxylic acids is 3. The summed E-state index contributed by atoms with van der Waals surface area (Å²) in [5, 5.41) is -0.309. The van der Waals surface area contributed by atoms with Gasteiger partial charge in [0.15, 0.2) is 6.10 Å². The van der Waals surface area contributed by atoms with Crippen LogP contribution in [0.25, 0.3) is 0 Å². The van der Waals surface area contributed by atoms with Crippen LogP contribution in [-0.4, -0.2) is 67.2 Å². The maximum absolute atomic E-state index is 13.0. The number of likely N-dealkylation sites (N-methyl/N-ethyl adjacent to an activating group) is 1. The van der Waals surface area contributed by atoms with Gasteiger partial charge in [0.1, 0.15) is 18.0 Å². The summed E-state index contributed by atoms with van der Waals surface area (Å²) in [7, 11) is 3.23. The molecule has 0 spiro atoms. The molecule has 2 aliphatic rings. The van der Waals surface area contributed by atoms with Gasteiger partial charge in [0.05, 0.1) is 5.02 Å². The predicted octanol–water partition coefficient (Wildman–Crippen LogP) is 3.47. The molecule has 2 aromatic rings. The van der Waals surface area contributed by atoms with Crippen LogP contribution in [0.4, 0.5) is 18.9 Å². The first kappa shape index (κ1) is 24.6. The van der Waals surface area contributed by atoms with Crippen molar-refractivity contribution in [2.24, 2.45) is 0 Å². The van der Waals surface area contributed by atoms with E-state index in [0.29, 0.717) is 30.8 Å². The molecule has 0 aliphatic carbocycles. The molecule has 12 heteroatoms. The second-order valence-electron chi connectivity index (χ2n) is 8.32. The highest BCUT2D eigenvalue weighted by Crippen LogP contribution is 2.35. The van der Waals surface area contributed by atoms with Crippen LogP contribution in [0.15, 0.2) is 36.4 Å². The summed E-state index contributed by atoms with van der Waals surface area (Å²) < 4.78 is 46.8. The van der Waals surface area contributed by atoms with Gasteiger partial charge < -0.3 is 24.2 Å². The SMILES string of the molecule is CN(C)C(=O)CN1Cc2ccc(N3CC[C@@H](Oc4ccc(OC(F)(F)F)c(Cl)c4)C3=O)cc2C1=O. The fourth-order valence-corrected chi connectivity index (χ4v) is 4.10. The van der Waals surface area contributed by atoms with E-state index in [1.807, 2.05) is 0 Å². The zero-order chi connectivity index (χ0) is 25.5. The highest BCUT2D eigenvalue weighted by molar-refractivity contribution is 6.32. The van der Waals surface area contributed by atoms with Crippen LogP contribution in [0, 0.1) is 0 Å². The first-order valence-electron chi connectivity index (χ1n) is 10.6. The van der Waals surface area contributed by atoms with Crippen molar-refractivity contribution in [2.75, 3.05) is 32.1 Å². The van der Waals surface area contributed by atoms with Gasteiger partial charge in [-0.05, 0) is 29.8 Å². The summed E-state index contributed by atoms with van der Waals surface area (Å²) in [6.07, 6.45) is -5.44. The van der Waals surface area contributed by atoms with Gasteiger partial charge in [-0.1, -0.05) is 17.7 Å². The average molecular weight is 512 g/mol. The summed E-state index contributed by atoms with van der Waals surface area (Å²) in [6, 6.07) is 8.50. The van der Waals surface area contributed by atoms with Crippen molar-refractivity contribution in [1.29, 1.82) is 0 Å². The Morgan fingerprint density at radius 1 is 1.17 bits per heavy atom. The van der Waals surface area contributed by atoms with Gasteiger partial charge in [0, 0.05) is 50.9 Å². The third kappa shape index (κ3) is 5.29. The summed E-state index contributed by atoms with van der Waals surface area (Å²) in [5.74, 6) is -1.29. The molecule has 0 radical (unpaired) electrons. The van der Waals surface area contributed by atoms with E-state index in [2.05, 4.69) is 4.74 Å². The Hall–Kier alpha value is -3.47. The number of ether oxygens (including phenoxy) is 2. The third-order valence-corrected chi connectivity index (χ3v) is 5.97. The highest BCUT2D eigenvalue weighted by atomic mass is 35.5. The van der Waals surface area contributed by atoms with Crippen LogP contribution in [0.5, 0.6) is 11.5 Å². The van der Waals surface area contributed by atoms with Gasteiger partial charge in [0.2, 0.25) is 5.91 Å². The maximum atomic E-state index is 13.0. The van der Waals surface area contributed by atoms with E-state index < -0.39 is 18.2 Å². The van der Waals surface area contributed by atoms with Crippen molar-refractivity contribution < 1.29 is 37.0 Å². The molecule has 3 amide bonds. The van der Waals surface area contributed by atoms with Crippen LogP contribution >= 0.6 is 11.6 Å². The lowest BCUT2D eigenvalue weighted by Gasteiger charge is -2.18. The number of carbonyl (C=O) groups is 3. The van der Waals surface area contributed by atoms with Crippen molar-refractivity contribution in [3.8, 4) is 11.5 Å². The molecule has 0 unspecified atom stereocenters. The van der Waals surface area contributed by atoms with Gasteiger partial charge >= 0.3 is 6.36 Å². The number of amides is 3. The van der Waals surface area contributed by atoms with Crippen LogP contribution < -0.4 is 14.4 Å². The molecule has 2 heterocycles. The molecular weight excluding hydrogens is 491 g/mol. The second kappa shape index (κ2) is 9.29. The van der Waals surface area contributed by atoms with Crippen LogP contribution in [0.1, 0.15) is 22.3 Å². The molecule has 186 valence electrons. The number of hydrogen-bond donors (Lipinski definition) is 0. The number of benzene rings is 2. The molecule has 1 atom stereocenters. The third-order valence-electron chi connectivity index (χ3n) is 5.67. The van der Waals surface area contributed by atoms with Crippen LogP contribution in [0.3, 0.4) is 0 Å². The van der Waals surface area contributed by atoms with E-state index in [-0.39, 0.29) is 35.0 Å². The first-order valence-corrected chi connectivity index (χ1v) is 11.0. The van der Waals surface area contributed by atoms with Gasteiger partial charge in [-0.3, -0.25) is 14.4 Å². The molecule has 0 N–H and O–H groups in total. The molecule has 2 aromatic carbocycles. The molecule has 4 rings (SSSR count). The van der Waals surface area contributed by atoms with E-state index in [1.165, 1.54) is 20.8 Å². The topological polar surface area (TPSA) is 79.4 Å². The molecule has 8 nitrogen and oxygen atoms in total. The zero-order valence-corrected chi connectivity index (χ0v) is 19.5. The molecule has 1 fully saturated rings. The Kier molecular flexibility index (Phi) is 6.54. The predicted molar refractivity (Wildman–Crippen MR) is 119 cm³/mol. The summed E-state index contributed by atoms with van der Waals surface area (Å²) >= 11 is 5.85. The van der Waals surface area contributed by atoms with Crippen molar-refractivity contribution in [3.05, 3.63) is 52.5 Å². The number of hydrogen-bond acceptors (Lipinski definition) is 5. The second-order valence-corrected chi connectivity index (χ2v) is 8.72. The normalized spacial score (nSPS) is 17.6. The van der Waals surface area contributed by atoms with E-state index in [1.54, 1.807) is 32.3 Å². The molecule has 0 aromatic heterocycles. The fourth-order valence-electron chi connectivity index (χ4n) is 3.90. The highest BCUT2D eigenvalue weighted by Gasteiger charge is 2.37. The summed E-state index contributed by atoms with van der Waals surface area (Å²) in [6.45, 7) is 0.592. The Morgan fingerprint density at radius 2 is 1.91 bits per heavy atom. The van der Waals surface area contributed by atoms with Crippen LogP contribution in [0.2, 0.25) is 5.02 Å². The monoisotopic (exact) mass is 511 g/mol. The number of anilines is 1. The molecule has 2 aliphatic heterocycles. The largest absolute Gasteiger partial charge is 0.573 e. The van der Waals surface area contributed by atoms with Gasteiger partial charge in [0.25, 0.3) is 11.8 Å². The Labute approximate surface area is 203 Å². The maximum Gasteiger partial charge on any atom is 0.573 e. The van der Waals surface area contributed by atoms with E-state index in [0.717, 1.165) is 17.7 Å². The zero-order valence-electron chi connectivity index (χ0n) is 18.8. The number of fused-ring (bicyclic) bond motifs is 1. The smallest absolute Gasteiger partial charge is 0.480 e. The molecule has 0 bridgehead atoms. The number of halogens is 4. The summed E-state index contributed by atoms with van der Waals surface area (Å²) in [5.41, 5.74) is 1.71. The number of nitrogens with zero attached hydrogens (tertiary/aromatic N) is 3. The Balaban J connectivity index is 1.44.